The van der Waals surface area contributed by atoms with Gasteiger partial charge in [0.25, 0.3) is 0 Å². The van der Waals surface area contributed by atoms with Crippen LogP contribution in [0.2, 0.25) is 0 Å². The molecule has 0 amide bonds. The molecule has 0 aliphatic carbocycles. The van der Waals surface area contributed by atoms with E-state index in [0.29, 0.717) is 10.9 Å². The Kier molecular flexibility index (Phi) is 2.70. The molecule has 90 valence electrons. The summed E-state index contributed by atoms with van der Waals surface area (Å²) in [7, 11) is 0. The van der Waals surface area contributed by atoms with Gasteiger partial charge in [-0.2, -0.15) is 5.10 Å². The third-order valence-electron chi connectivity index (χ3n) is 2.38. The van der Waals surface area contributed by atoms with Crippen LogP contribution in [0, 0.1) is 0 Å². The molecule has 2 aromatic heterocycles. The van der Waals surface area contributed by atoms with Crippen molar-refractivity contribution >= 4 is 39.5 Å². The maximum absolute atomic E-state index is 5.51. The molecular formula is C12H10N4OS. The van der Waals surface area contributed by atoms with Crippen molar-refractivity contribution in [2.45, 2.75) is 0 Å². The highest BCUT2D eigenvalue weighted by Crippen LogP contribution is 2.17. The number of rotatable bonds is 3. The van der Waals surface area contributed by atoms with Crippen LogP contribution in [-0.2, 0) is 0 Å². The fourth-order valence-electron chi connectivity index (χ4n) is 1.55. The zero-order chi connectivity index (χ0) is 12.4. The zero-order valence-corrected chi connectivity index (χ0v) is 10.1. The van der Waals surface area contributed by atoms with E-state index in [0.717, 1.165) is 16.5 Å². The van der Waals surface area contributed by atoms with Gasteiger partial charge in [0.1, 0.15) is 11.4 Å². The number of hydrogen-bond donors (Lipinski definition) is 2. The van der Waals surface area contributed by atoms with E-state index in [1.807, 2.05) is 24.3 Å². The fraction of sp³-hybridized carbons (Fsp3) is 0. The summed E-state index contributed by atoms with van der Waals surface area (Å²) in [5.74, 6) is 0.495. The van der Waals surface area contributed by atoms with Gasteiger partial charge in [-0.05, 0) is 17.7 Å². The molecule has 0 saturated carbocycles. The minimum Gasteiger partial charge on any atom is -0.464 e. The second-order valence-electron chi connectivity index (χ2n) is 3.67. The first-order chi connectivity index (χ1) is 8.81. The predicted molar refractivity (Wildman–Crippen MR) is 74.0 cm³/mol. The van der Waals surface area contributed by atoms with E-state index in [-0.39, 0.29) is 0 Å². The second-order valence-corrected chi connectivity index (χ2v) is 4.52. The van der Waals surface area contributed by atoms with E-state index in [1.54, 1.807) is 17.9 Å². The van der Waals surface area contributed by atoms with Gasteiger partial charge in [0.2, 0.25) is 5.13 Å². The average molecular weight is 258 g/mol. The van der Waals surface area contributed by atoms with Crippen LogP contribution < -0.4 is 11.2 Å². The number of aromatic nitrogens is 1. The van der Waals surface area contributed by atoms with Crippen LogP contribution in [0.25, 0.3) is 11.0 Å². The third kappa shape index (κ3) is 2.18. The summed E-state index contributed by atoms with van der Waals surface area (Å²) in [5, 5.41) is 7.59. The molecule has 0 atom stereocenters. The molecule has 0 aliphatic heterocycles. The highest BCUT2D eigenvalue weighted by atomic mass is 32.1. The van der Waals surface area contributed by atoms with Crippen molar-refractivity contribution in [1.82, 2.24) is 4.98 Å². The highest BCUT2D eigenvalue weighted by Gasteiger charge is 1.98. The molecule has 3 rings (SSSR count). The average Bonchev–Trinajstić information content (AvgIpc) is 2.97. The Balaban J connectivity index is 1.75. The maximum atomic E-state index is 5.51. The van der Waals surface area contributed by atoms with Crippen molar-refractivity contribution in [1.29, 1.82) is 0 Å². The lowest BCUT2D eigenvalue weighted by Gasteiger charge is -1.94. The summed E-state index contributed by atoms with van der Waals surface area (Å²) in [6.07, 6.45) is 3.38. The molecule has 0 bridgehead atoms. The second kappa shape index (κ2) is 4.50. The first kappa shape index (κ1) is 10.8. The molecule has 3 aromatic rings. The van der Waals surface area contributed by atoms with Gasteiger partial charge in [0.05, 0.1) is 12.5 Å². The number of thiazole rings is 1. The van der Waals surface area contributed by atoms with Crippen molar-refractivity contribution in [2.24, 2.45) is 5.10 Å². The minimum absolute atomic E-state index is 0.495. The topological polar surface area (TPSA) is 76.4 Å². The Bertz CT molecular complexity index is 701. The molecule has 5 nitrogen and oxygen atoms in total. The molecule has 0 aliphatic rings. The molecule has 0 unspecified atom stereocenters. The summed E-state index contributed by atoms with van der Waals surface area (Å²) >= 11 is 1.41. The number of nitrogens with one attached hydrogen (secondary N) is 1. The monoisotopic (exact) mass is 258 g/mol. The molecule has 3 N–H and O–H groups in total. The summed E-state index contributed by atoms with van der Waals surface area (Å²) in [6.45, 7) is 0. The van der Waals surface area contributed by atoms with Gasteiger partial charge in [-0.3, -0.25) is 5.43 Å². The fourth-order valence-corrected chi connectivity index (χ4v) is 2.10. The number of hydrogen-bond acceptors (Lipinski definition) is 6. The van der Waals surface area contributed by atoms with E-state index in [2.05, 4.69) is 15.5 Å². The number of furan rings is 1. The van der Waals surface area contributed by atoms with Crippen molar-refractivity contribution in [2.75, 3.05) is 11.2 Å². The van der Waals surface area contributed by atoms with Crippen LogP contribution in [0.3, 0.4) is 0 Å². The van der Waals surface area contributed by atoms with E-state index < -0.39 is 0 Å². The minimum atomic E-state index is 0.495. The lowest BCUT2D eigenvalue weighted by Crippen LogP contribution is -1.91. The molecule has 2 heterocycles. The Labute approximate surface area is 107 Å². The number of hydrazone groups is 1. The van der Waals surface area contributed by atoms with Crippen LogP contribution in [-0.4, -0.2) is 11.2 Å². The number of nitrogens with two attached hydrogens (primary N) is 1. The molecular weight excluding hydrogens is 248 g/mol. The van der Waals surface area contributed by atoms with Crippen LogP contribution in [0.5, 0.6) is 0 Å². The molecule has 0 radical (unpaired) electrons. The van der Waals surface area contributed by atoms with Crippen molar-refractivity contribution in [3.63, 3.8) is 0 Å². The van der Waals surface area contributed by atoms with Crippen molar-refractivity contribution in [3.8, 4) is 0 Å². The number of nitrogens with zero attached hydrogens (tertiary/aromatic N) is 2. The SMILES string of the molecule is Nc1csc(NN=Cc2ccc3ccoc3c2)n1. The third-order valence-corrected chi connectivity index (χ3v) is 3.14. The smallest absolute Gasteiger partial charge is 0.205 e. The Morgan fingerprint density at radius 2 is 2.33 bits per heavy atom. The predicted octanol–water partition coefficient (Wildman–Crippen LogP) is 2.92. The van der Waals surface area contributed by atoms with Gasteiger partial charge in [-0.25, -0.2) is 4.98 Å². The van der Waals surface area contributed by atoms with E-state index >= 15 is 0 Å². The van der Waals surface area contributed by atoms with Crippen LogP contribution in [0.1, 0.15) is 5.56 Å². The molecule has 0 saturated heterocycles. The van der Waals surface area contributed by atoms with Crippen molar-refractivity contribution < 1.29 is 4.42 Å². The molecule has 1 aromatic carbocycles. The van der Waals surface area contributed by atoms with Crippen LogP contribution in [0.4, 0.5) is 10.9 Å². The lowest BCUT2D eigenvalue weighted by molar-refractivity contribution is 0.616. The molecule has 0 fully saturated rings. The van der Waals surface area contributed by atoms with Gasteiger partial charge in [0, 0.05) is 10.8 Å². The van der Waals surface area contributed by atoms with Crippen LogP contribution >= 0.6 is 11.3 Å². The quantitative estimate of drug-likeness (QED) is 0.559. The van der Waals surface area contributed by atoms with Gasteiger partial charge in [-0.15, -0.1) is 11.3 Å². The Morgan fingerprint density at radius 3 is 3.17 bits per heavy atom. The van der Waals surface area contributed by atoms with E-state index in [1.165, 1.54) is 11.3 Å². The lowest BCUT2D eigenvalue weighted by atomic mass is 10.2. The molecule has 6 heteroatoms. The maximum Gasteiger partial charge on any atom is 0.205 e. The number of fused-ring (bicyclic) bond motifs is 1. The summed E-state index contributed by atoms with van der Waals surface area (Å²) in [6, 6.07) is 7.81. The number of anilines is 2. The van der Waals surface area contributed by atoms with E-state index in [9.17, 15) is 0 Å². The first-order valence-corrected chi connectivity index (χ1v) is 6.16. The molecule has 0 spiro atoms. The Hall–Kier alpha value is -2.34. The van der Waals surface area contributed by atoms with Gasteiger partial charge in [0.15, 0.2) is 0 Å². The van der Waals surface area contributed by atoms with Crippen molar-refractivity contribution in [3.05, 3.63) is 41.5 Å². The summed E-state index contributed by atoms with van der Waals surface area (Å²) in [5.41, 5.74) is 10.1. The molecule has 18 heavy (non-hydrogen) atoms. The highest BCUT2D eigenvalue weighted by molar-refractivity contribution is 7.14. The zero-order valence-electron chi connectivity index (χ0n) is 9.33. The Morgan fingerprint density at radius 1 is 1.39 bits per heavy atom. The first-order valence-electron chi connectivity index (χ1n) is 5.28. The van der Waals surface area contributed by atoms with Gasteiger partial charge < -0.3 is 10.2 Å². The van der Waals surface area contributed by atoms with Crippen LogP contribution in [0.15, 0.2) is 45.4 Å². The largest absolute Gasteiger partial charge is 0.464 e. The number of nitrogen functional groups attached to an aromatic ring is 1. The van der Waals surface area contributed by atoms with Gasteiger partial charge in [-0.1, -0.05) is 12.1 Å². The normalized spacial score (nSPS) is 11.3. The summed E-state index contributed by atoms with van der Waals surface area (Å²) < 4.78 is 5.32. The summed E-state index contributed by atoms with van der Waals surface area (Å²) in [4.78, 5) is 4.04. The van der Waals surface area contributed by atoms with E-state index in [4.69, 9.17) is 10.2 Å². The van der Waals surface area contributed by atoms with Gasteiger partial charge >= 0.3 is 0 Å². The standard InChI is InChI=1S/C12H10N4OS/c13-11-7-18-12(15-11)16-14-6-8-1-2-9-3-4-17-10(9)5-8/h1-7H,13H2,(H,15,16). The number of benzene rings is 1.